The molecule has 78 valence electrons. The Morgan fingerprint density at radius 1 is 1.40 bits per heavy atom. The van der Waals surface area contributed by atoms with Crippen LogP contribution in [0.15, 0.2) is 29.2 Å². The topological polar surface area (TPSA) is 78.2 Å². The van der Waals surface area contributed by atoms with E-state index in [1.165, 1.54) is 30.3 Å². The Labute approximate surface area is 88.0 Å². The normalized spacial score (nSPS) is 12.1. The van der Waals surface area contributed by atoms with E-state index in [-0.39, 0.29) is 10.7 Å². The first-order valence-electron chi connectivity index (χ1n) is 4.04. The number of sulfone groups is 1. The molecule has 1 N–H and O–H groups in total. The van der Waals surface area contributed by atoms with Gasteiger partial charge in [0.1, 0.15) is 16.7 Å². The zero-order valence-corrected chi connectivity index (χ0v) is 8.82. The molecule has 15 heavy (non-hydrogen) atoms. The van der Waals surface area contributed by atoms with Gasteiger partial charge < -0.3 is 5.11 Å². The second-order valence-corrected chi connectivity index (χ2v) is 4.97. The third-order valence-corrected chi connectivity index (χ3v) is 2.71. The number of rotatable bonds is 2. The van der Waals surface area contributed by atoms with E-state index in [1.807, 2.05) is 0 Å². The quantitative estimate of drug-likeness (QED) is 0.766. The molecule has 0 amide bonds. The van der Waals surface area contributed by atoms with Crippen LogP contribution >= 0.6 is 0 Å². The van der Waals surface area contributed by atoms with Crippen molar-refractivity contribution in [2.24, 2.45) is 0 Å². The van der Waals surface area contributed by atoms with Gasteiger partial charge in [-0.2, -0.15) is 5.26 Å². The molecule has 0 bridgehead atoms. The number of nitrogens with zero attached hydrogens (tertiary/aromatic N) is 1. The fourth-order valence-corrected chi connectivity index (χ4v) is 1.46. The lowest BCUT2D eigenvalue weighted by Gasteiger charge is -1.96. The van der Waals surface area contributed by atoms with Crippen LogP contribution in [0, 0.1) is 11.3 Å². The maximum atomic E-state index is 11.1. The van der Waals surface area contributed by atoms with Gasteiger partial charge in [0.15, 0.2) is 9.84 Å². The Hall–Kier alpha value is -1.80. The minimum absolute atomic E-state index is 0.0880. The summed E-state index contributed by atoms with van der Waals surface area (Å²) in [5.41, 5.74) is 0.551. The zero-order chi connectivity index (χ0) is 11.5. The molecule has 0 atom stereocenters. The third-order valence-electron chi connectivity index (χ3n) is 1.70. The summed E-state index contributed by atoms with van der Waals surface area (Å²) >= 11 is 0. The molecule has 1 rings (SSSR count). The minimum atomic E-state index is -3.49. The summed E-state index contributed by atoms with van der Waals surface area (Å²) in [7, 11) is -3.49. The number of benzene rings is 1. The van der Waals surface area contributed by atoms with Crippen LogP contribution in [-0.2, 0) is 9.84 Å². The van der Waals surface area contributed by atoms with Crippen LogP contribution in [0.1, 0.15) is 5.56 Å². The molecular weight excluding hydrogens is 214 g/mol. The molecule has 0 spiro atoms. The summed E-state index contributed by atoms with van der Waals surface area (Å²) in [6.07, 6.45) is 2.23. The molecule has 1 aromatic carbocycles. The van der Waals surface area contributed by atoms with Crippen molar-refractivity contribution in [3.8, 4) is 11.8 Å². The summed E-state index contributed by atoms with van der Waals surface area (Å²) in [5, 5.41) is 17.6. The maximum Gasteiger partial charge on any atom is 0.185 e. The monoisotopic (exact) mass is 223 g/mol. The highest BCUT2D eigenvalue weighted by Gasteiger charge is 2.09. The molecule has 0 unspecified atom stereocenters. The lowest BCUT2D eigenvalue weighted by molar-refractivity contribution is 0.475. The summed E-state index contributed by atoms with van der Waals surface area (Å²) < 4.78 is 22.2. The summed E-state index contributed by atoms with van der Waals surface area (Å²) in [6, 6.07) is 7.51. The van der Waals surface area contributed by atoms with Crippen LogP contribution in [0.25, 0.3) is 6.08 Å². The van der Waals surface area contributed by atoms with E-state index in [9.17, 15) is 8.42 Å². The van der Waals surface area contributed by atoms with E-state index in [2.05, 4.69) is 0 Å². The molecule has 0 radical (unpaired) electrons. The van der Waals surface area contributed by atoms with Crippen LogP contribution in [0.2, 0.25) is 0 Å². The molecule has 5 heteroatoms. The van der Waals surface area contributed by atoms with Gasteiger partial charge in [0.25, 0.3) is 0 Å². The van der Waals surface area contributed by atoms with Crippen molar-refractivity contribution in [1.82, 2.24) is 0 Å². The number of nitriles is 1. The van der Waals surface area contributed by atoms with Gasteiger partial charge in [0, 0.05) is 6.26 Å². The van der Waals surface area contributed by atoms with E-state index in [0.717, 1.165) is 6.26 Å². The first kappa shape index (κ1) is 11.3. The number of allylic oxidation sites excluding steroid dienone is 1. The number of phenolic OH excluding ortho intramolecular Hbond substituents is 1. The predicted octanol–water partition coefficient (Wildman–Crippen LogP) is 1.30. The molecule has 0 saturated carbocycles. The van der Waals surface area contributed by atoms with Gasteiger partial charge in [-0.1, -0.05) is 12.1 Å². The standard InChI is InChI=1S/C10H9NO3S/c1-15(13,14)10(7-11)6-8-2-4-9(12)5-3-8/h2-6,12H,1H3/b10-6-. The Morgan fingerprint density at radius 2 is 1.93 bits per heavy atom. The summed E-state index contributed by atoms with van der Waals surface area (Å²) in [4.78, 5) is -0.298. The number of hydrogen-bond donors (Lipinski definition) is 1. The highest BCUT2D eigenvalue weighted by atomic mass is 32.2. The molecule has 4 nitrogen and oxygen atoms in total. The van der Waals surface area contributed by atoms with E-state index in [0.29, 0.717) is 5.56 Å². The number of phenols is 1. The van der Waals surface area contributed by atoms with E-state index in [4.69, 9.17) is 10.4 Å². The Morgan fingerprint density at radius 3 is 2.33 bits per heavy atom. The van der Waals surface area contributed by atoms with Crippen molar-refractivity contribution < 1.29 is 13.5 Å². The molecule has 0 aromatic heterocycles. The molecule has 0 aliphatic rings. The highest BCUT2D eigenvalue weighted by Crippen LogP contribution is 2.14. The highest BCUT2D eigenvalue weighted by molar-refractivity contribution is 7.95. The van der Waals surface area contributed by atoms with Gasteiger partial charge in [-0.3, -0.25) is 0 Å². The van der Waals surface area contributed by atoms with Crippen molar-refractivity contribution in [2.75, 3.05) is 6.26 Å². The average molecular weight is 223 g/mol. The van der Waals surface area contributed by atoms with Gasteiger partial charge >= 0.3 is 0 Å². The van der Waals surface area contributed by atoms with Gasteiger partial charge in [0.05, 0.1) is 0 Å². The minimum Gasteiger partial charge on any atom is -0.508 e. The fourth-order valence-electron chi connectivity index (χ4n) is 0.944. The molecular formula is C10H9NO3S. The largest absolute Gasteiger partial charge is 0.508 e. The number of hydrogen-bond acceptors (Lipinski definition) is 4. The lowest BCUT2D eigenvalue weighted by Crippen LogP contribution is -1.98. The molecule has 0 saturated heterocycles. The van der Waals surface area contributed by atoms with Crippen molar-refractivity contribution in [3.05, 3.63) is 34.7 Å². The van der Waals surface area contributed by atoms with E-state index < -0.39 is 9.84 Å². The maximum absolute atomic E-state index is 11.1. The van der Waals surface area contributed by atoms with Crippen LogP contribution in [-0.4, -0.2) is 19.8 Å². The van der Waals surface area contributed by atoms with E-state index >= 15 is 0 Å². The van der Waals surface area contributed by atoms with E-state index in [1.54, 1.807) is 6.07 Å². The Balaban J connectivity index is 3.17. The van der Waals surface area contributed by atoms with Crippen LogP contribution in [0.4, 0.5) is 0 Å². The molecule has 0 heterocycles. The van der Waals surface area contributed by atoms with Crippen molar-refractivity contribution >= 4 is 15.9 Å². The number of aromatic hydroxyl groups is 1. The van der Waals surface area contributed by atoms with Crippen LogP contribution in [0.5, 0.6) is 5.75 Å². The first-order chi connectivity index (χ1) is 6.93. The van der Waals surface area contributed by atoms with Crippen molar-refractivity contribution in [1.29, 1.82) is 5.26 Å². The first-order valence-corrected chi connectivity index (χ1v) is 5.93. The van der Waals surface area contributed by atoms with Gasteiger partial charge in [0.2, 0.25) is 0 Å². The fraction of sp³-hybridized carbons (Fsp3) is 0.100. The second kappa shape index (κ2) is 4.15. The smallest absolute Gasteiger partial charge is 0.185 e. The summed E-state index contributed by atoms with van der Waals surface area (Å²) in [5.74, 6) is 0.0880. The molecule has 0 aliphatic heterocycles. The van der Waals surface area contributed by atoms with Crippen LogP contribution < -0.4 is 0 Å². The Bertz CT molecular complexity index is 521. The van der Waals surface area contributed by atoms with Crippen molar-refractivity contribution in [3.63, 3.8) is 0 Å². The SMILES string of the molecule is CS(=O)(=O)/C(C#N)=C\c1ccc(O)cc1. The predicted molar refractivity (Wildman–Crippen MR) is 56.5 cm³/mol. The van der Waals surface area contributed by atoms with Crippen molar-refractivity contribution in [2.45, 2.75) is 0 Å². The summed E-state index contributed by atoms with van der Waals surface area (Å²) in [6.45, 7) is 0. The molecule has 1 aromatic rings. The van der Waals surface area contributed by atoms with Gasteiger partial charge in [-0.15, -0.1) is 0 Å². The third kappa shape index (κ3) is 3.11. The second-order valence-electron chi connectivity index (χ2n) is 2.98. The Kier molecular flexibility index (Phi) is 3.12. The van der Waals surface area contributed by atoms with Gasteiger partial charge in [-0.25, -0.2) is 8.42 Å². The van der Waals surface area contributed by atoms with Crippen LogP contribution in [0.3, 0.4) is 0 Å². The average Bonchev–Trinajstić information content (AvgIpc) is 2.15. The van der Waals surface area contributed by atoms with Gasteiger partial charge in [-0.05, 0) is 23.8 Å². The molecule has 0 fully saturated rings. The zero-order valence-electron chi connectivity index (χ0n) is 8.01. The molecule has 0 aliphatic carbocycles. The lowest BCUT2D eigenvalue weighted by atomic mass is 10.2.